The zero-order valence-electron chi connectivity index (χ0n) is 24.1. The number of H-pyrrole nitrogens is 2. The first-order chi connectivity index (χ1) is 21.3. The van der Waals surface area contributed by atoms with Crippen LogP contribution in [0.2, 0.25) is 0 Å². The number of rotatable bonds is 8. The number of halogens is 1. The summed E-state index contributed by atoms with van der Waals surface area (Å²) in [6, 6.07) is 24.6. The van der Waals surface area contributed by atoms with Crippen molar-refractivity contribution in [1.82, 2.24) is 9.97 Å². The van der Waals surface area contributed by atoms with Crippen LogP contribution < -0.4 is 4.90 Å². The number of fused-ring (bicyclic) bond motifs is 5. The Hall–Kier alpha value is -4.69. The highest BCUT2D eigenvalue weighted by molar-refractivity contribution is 9.09. The Bertz CT molecular complexity index is 2130. The highest BCUT2D eigenvalue weighted by Gasteiger charge is 2.35. The van der Waals surface area contributed by atoms with Gasteiger partial charge in [0.05, 0.1) is 11.4 Å². The van der Waals surface area contributed by atoms with Crippen LogP contribution in [0.3, 0.4) is 0 Å². The molecule has 2 aromatic heterocycles. The number of amides is 1. The van der Waals surface area contributed by atoms with E-state index >= 15 is 0 Å². The standard InChI is InChI=1S/C36H30BrN3O4/c1-2-25(41)13-20-7-9-28-22(11-20)15-30(38-28)34(43)14-21-8-10-29-23(12-21)16-31(39-29)36(44)40-19-24(18-37)35-27-6-4-3-5-26(27)33(42)17-32(35)40/h3-12,15-17,24,38-39,42H,2,13-14,18-19H2,1H3. The number of ketones is 2. The smallest absolute Gasteiger partial charge is 0.274 e. The van der Waals surface area contributed by atoms with E-state index in [1.54, 1.807) is 11.0 Å². The van der Waals surface area contributed by atoms with E-state index in [0.29, 0.717) is 36.1 Å². The Labute approximate surface area is 262 Å². The number of hydrogen-bond donors (Lipinski definition) is 3. The molecule has 0 fully saturated rings. The van der Waals surface area contributed by atoms with Crippen LogP contribution in [-0.4, -0.2) is 44.4 Å². The number of Topliss-reactive ketones (excluding diaryl/α,β-unsaturated/α-hetero) is 2. The Morgan fingerprint density at radius 2 is 1.48 bits per heavy atom. The van der Waals surface area contributed by atoms with E-state index in [-0.39, 0.29) is 35.6 Å². The van der Waals surface area contributed by atoms with Crippen molar-refractivity contribution in [3.05, 3.63) is 107 Å². The third-order valence-electron chi connectivity index (χ3n) is 8.64. The first-order valence-corrected chi connectivity index (χ1v) is 15.9. The number of carbonyl (C=O) groups excluding carboxylic acids is 3. The van der Waals surface area contributed by atoms with Crippen LogP contribution in [0.4, 0.5) is 5.69 Å². The Kier molecular flexibility index (Phi) is 7.09. The molecule has 1 amide bonds. The minimum Gasteiger partial charge on any atom is -0.507 e. The minimum atomic E-state index is -0.170. The van der Waals surface area contributed by atoms with Crippen molar-refractivity contribution in [2.75, 3.05) is 16.8 Å². The van der Waals surface area contributed by atoms with Crippen molar-refractivity contribution < 1.29 is 19.5 Å². The van der Waals surface area contributed by atoms with Crippen molar-refractivity contribution >= 4 is 71.7 Å². The van der Waals surface area contributed by atoms with Gasteiger partial charge in [-0.1, -0.05) is 59.3 Å². The summed E-state index contributed by atoms with van der Waals surface area (Å²) in [4.78, 5) is 47.2. The molecular formula is C36H30BrN3O4. The fourth-order valence-corrected chi connectivity index (χ4v) is 6.90. The minimum absolute atomic E-state index is 0.0416. The fraction of sp³-hybridized carbons (Fsp3) is 0.194. The second-order valence-corrected chi connectivity index (χ2v) is 12.2. The number of alkyl halides is 1. The number of nitrogens with zero attached hydrogens (tertiary/aromatic N) is 1. The molecule has 1 atom stereocenters. The average Bonchev–Trinajstić information content (AvgIpc) is 3.75. The lowest BCUT2D eigenvalue weighted by atomic mass is 9.95. The number of aromatic hydroxyl groups is 1. The maximum atomic E-state index is 13.8. The summed E-state index contributed by atoms with van der Waals surface area (Å²) in [5.74, 6) is 0.218. The molecule has 3 heterocycles. The summed E-state index contributed by atoms with van der Waals surface area (Å²) in [6.07, 6.45) is 1.10. The van der Waals surface area contributed by atoms with Crippen LogP contribution in [0.1, 0.15) is 56.9 Å². The second kappa shape index (κ2) is 11.1. The number of hydrogen-bond acceptors (Lipinski definition) is 4. The summed E-state index contributed by atoms with van der Waals surface area (Å²) in [7, 11) is 0. The van der Waals surface area contributed by atoms with Gasteiger partial charge < -0.3 is 20.0 Å². The Morgan fingerprint density at radius 3 is 2.16 bits per heavy atom. The van der Waals surface area contributed by atoms with E-state index in [4.69, 9.17) is 0 Å². The molecule has 6 aromatic rings. The number of aromatic nitrogens is 2. The van der Waals surface area contributed by atoms with Gasteiger partial charge in [0.25, 0.3) is 5.91 Å². The van der Waals surface area contributed by atoms with Gasteiger partial charge in [-0.3, -0.25) is 14.4 Å². The molecule has 7 rings (SSSR count). The lowest BCUT2D eigenvalue weighted by Gasteiger charge is -2.17. The van der Waals surface area contributed by atoms with E-state index in [9.17, 15) is 19.5 Å². The summed E-state index contributed by atoms with van der Waals surface area (Å²) in [5, 5.41) is 14.9. The molecular weight excluding hydrogens is 618 g/mol. The van der Waals surface area contributed by atoms with Crippen LogP contribution in [0.5, 0.6) is 5.75 Å². The molecule has 1 aliphatic heterocycles. The molecule has 0 saturated carbocycles. The normalized spacial score (nSPS) is 14.5. The van der Waals surface area contributed by atoms with Gasteiger partial charge in [0.15, 0.2) is 5.78 Å². The van der Waals surface area contributed by atoms with Gasteiger partial charge in [0.1, 0.15) is 17.2 Å². The lowest BCUT2D eigenvalue weighted by molar-refractivity contribution is -0.118. The van der Waals surface area contributed by atoms with Crippen LogP contribution in [-0.2, 0) is 17.6 Å². The Balaban J connectivity index is 1.13. The molecule has 0 radical (unpaired) electrons. The van der Waals surface area contributed by atoms with Crippen LogP contribution in [0, 0.1) is 0 Å². The van der Waals surface area contributed by atoms with E-state index < -0.39 is 0 Å². The number of anilines is 1. The molecule has 1 unspecified atom stereocenters. The van der Waals surface area contributed by atoms with Gasteiger partial charge in [-0.25, -0.2) is 0 Å². The average molecular weight is 649 g/mol. The molecule has 0 aliphatic carbocycles. The molecule has 3 N–H and O–H groups in total. The van der Waals surface area contributed by atoms with Crippen molar-refractivity contribution in [2.24, 2.45) is 0 Å². The number of benzene rings is 4. The third-order valence-corrected chi connectivity index (χ3v) is 9.42. The molecule has 44 heavy (non-hydrogen) atoms. The monoisotopic (exact) mass is 647 g/mol. The number of phenols is 1. The molecule has 0 spiro atoms. The first-order valence-electron chi connectivity index (χ1n) is 14.7. The van der Waals surface area contributed by atoms with Crippen LogP contribution in [0.25, 0.3) is 32.6 Å². The molecule has 0 saturated heterocycles. The maximum absolute atomic E-state index is 13.8. The zero-order valence-corrected chi connectivity index (χ0v) is 25.7. The van der Waals surface area contributed by atoms with Crippen LogP contribution in [0.15, 0.2) is 78.9 Å². The maximum Gasteiger partial charge on any atom is 0.274 e. The van der Waals surface area contributed by atoms with E-state index in [2.05, 4.69) is 25.9 Å². The number of carbonyl (C=O) groups is 3. The SMILES string of the molecule is CCC(=O)Cc1ccc2[nH]c(C(=O)Cc3ccc4[nH]c(C(=O)N5CC(CBr)c6c5cc(O)c5ccccc65)cc4c3)cc2c1. The molecule has 0 bridgehead atoms. The van der Waals surface area contributed by atoms with Gasteiger partial charge in [-0.05, 0) is 58.5 Å². The summed E-state index contributed by atoms with van der Waals surface area (Å²) in [5.41, 5.74) is 6.20. The van der Waals surface area contributed by atoms with Crippen molar-refractivity contribution in [3.8, 4) is 5.75 Å². The molecule has 7 nitrogen and oxygen atoms in total. The predicted octanol–water partition coefficient (Wildman–Crippen LogP) is 7.59. The highest BCUT2D eigenvalue weighted by Crippen LogP contribution is 2.45. The summed E-state index contributed by atoms with van der Waals surface area (Å²) < 4.78 is 0. The number of phenolic OH excluding ortho intramolecular Hbond substituents is 1. The van der Waals surface area contributed by atoms with E-state index in [1.165, 1.54) is 0 Å². The van der Waals surface area contributed by atoms with E-state index in [0.717, 1.165) is 55.0 Å². The summed E-state index contributed by atoms with van der Waals surface area (Å²) >= 11 is 3.63. The first kappa shape index (κ1) is 28.1. The van der Waals surface area contributed by atoms with Crippen molar-refractivity contribution in [2.45, 2.75) is 32.1 Å². The largest absolute Gasteiger partial charge is 0.507 e. The Morgan fingerprint density at radius 1 is 0.841 bits per heavy atom. The van der Waals surface area contributed by atoms with Crippen molar-refractivity contribution in [1.29, 1.82) is 0 Å². The number of nitrogens with one attached hydrogen (secondary N) is 2. The van der Waals surface area contributed by atoms with Gasteiger partial charge >= 0.3 is 0 Å². The van der Waals surface area contributed by atoms with Gasteiger partial charge in [0, 0.05) is 70.3 Å². The second-order valence-electron chi connectivity index (χ2n) is 11.5. The van der Waals surface area contributed by atoms with E-state index in [1.807, 2.05) is 79.7 Å². The zero-order chi connectivity index (χ0) is 30.5. The predicted molar refractivity (Wildman–Crippen MR) is 177 cm³/mol. The molecule has 4 aromatic carbocycles. The lowest BCUT2D eigenvalue weighted by Crippen LogP contribution is -2.30. The molecule has 8 heteroatoms. The topological polar surface area (TPSA) is 106 Å². The highest BCUT2D eigenvalue weighted by atomic mass is 79.9. The van der Waals surface area contributed by atoms with Crippen LogP contribution >= 0.6 is 15.9 Å². The molecule has 1 aliphatic rings. The van der Waals surface area contributed by atoms with Gasteiger partial charge in [0.2, 0.25) is 0 Å². The fourth-order valence-electron chi connectivity index (χ4n) is 6.37. The third kappa shape index (κ3) is 4.89. The quantitative estimate of drug-likeness (QED) is 0.117. The number of aromatic amines is 2. The van der Waals surface area contributed by atoms with Crippen molar-refractivity contribution in [3.63, 3.8) is 0 Å². The van der Waals surface area contributed by atoms with Gasteiger partial charge in [-0.15, -0.1) is 0 Å². The van der Waals surface area contributed by atoms with Gasteiger partial charge in [-0.2, -0.15) is 0 Å². The molecule has 220 valence electrons. The summed E-state index contributed by atoms with van der Waals surface area (Å²) in [6.45, 7) is 2.36.